The summed E-state index contributed by atoms with van der Waals surface area (Å²) in [6, 6.07) is 14.9. The summed E-state index contributed by atoms with van der Waals surface area (Å²) in [6.45, 7) is 11.6. The number of carbonyl (C=O) groups excluding carboxylic acids is 1. The largest absolute Gasteiger partial charge is 0.370 e. The summed E-state index contributed by atoms with van der Waals surface area (Å²) in [4.78, 5) is 21.4. The molecular weight excluding hydrogens is 539 g/mol. The van der Waals surface area contributed by atoms with E-state index in [1.165, 1.54) is 27.8 Å². The van der Waals surface area contributed by atoms with Crippen LogP contribution in [0.15, 0.2) is 47.5 Å². The molecule has 0 aromatic heterocycles. The van der Waals surface area contributed by atoms with Gasteiger partial charge in [-0.1, -0.05) is 48.0 Å². The van der Waals surface area contributed by atoms with E-state index in [9.17, 15) is 4.79 Å². The monoisotopic (exact) mass is 576 g/mol. The molecular formula is C27H37IN4O2. The fourth-order valence-electron chi connectivity index (χ4n) is 4.75. The summed E-state index contributed by atoms with van der Waals surface area (Å²) in [5.41, 5.74) is 6.15. The Kier molecular flexibility index (Phi) is 9.76. The highest BCUT2D eigenvalue weighted by atomic mass is 127. The standard InChI is InChI=1S/C27H36N4O2.HI/c1-4-28-27(31-14-15-33-25(19-31)24-12-11-20(2)16-21(24)3)29-17-22-8-5-6-9-23(22)18-30-13-7-10-26(30)32;/h5-6,8-9,11-12,16,25H,4,7,10,13-15,17-19H2,1-3H3,(H,28,29);1H. The number of rotatable bonds is 6. The molecule has 34 heavy (non-hydrogen) atoms. The van der Waals surface area contributed by atoms with Crippen molar-refractivity contribution in [3.63, 3.8) is 0 Å². The number of morpholine rings is 1. The van der Waals surface area contributed by atoms with Gasteiger partial charge in [0.25, 0.3) is 0 Å². The van der Waals surface area contributed by atoms with Crippen molar-refractivity contribution in [1.29, 1.82) is 0 Å². The van der Waals surface area contributed by atoms with Crippen molar-refractivity contribution in [3.8, 4) is 0 Å². The number of carbonyl (C=O) groups is 1. The first-order valence-electron chi connectivity index (χ1n) is 12.1. The molecule has 0 radical (unpaired) electrons. The third kappa shape index (κ3) is 6.50. The number of nitrogens with one attached hydrogen (secondary N) is 1. The van der Waals surface area contributed by atoms with Gasteiger partial charge in [-0.25, -0.2) is 4.99 Å². The summed E-state index contributed by atoms with van der Waals surface area (Å²) in [6.07, 6.45) is 1.67. The van der Waals surface area contributed by atoms with Gasteiger partial charge in [-0.15, -0.1) is 24.0 Å². The minimum Gasteiger partial charge on any atom is -0.370 e. The SMILES string of the molecule is CCNC(=NCc1ccccc1CN1CCCC1=O)N1CCOC(c2ccc(C)cc2C)C1.I. The molecule has 4 rings (SSSR count). The topological polar surface area (TPSA) is 57.2 Å². The third-order valence-corrected chi connectivity index (χ3v) is 6.52. The lowest BCUT2D eigenvalue weighted by molar-refractivity contribution is -0.128. The van der Waals surface area contributed by atoms with Gasteiger partial charge in [0.15, 0.2) is 5.96 Å². The molecule has 0 spiro atoms. The number of amides is 1. The first-order valence-corrected chi connectivity index (χ1v) is 12.1. The fourth-order valence-corrected chi connectivity index (χ4v) is 4.75. The van der Waals surface area contributed by atoms with Gasteiger partial charge in [-0.2, -0.15) is 0 Å². The second-order valence-electron chi connectivity index (χ2n) is 9.02. The van der Waals surface area contributed by atoms with E-state index >= 15 is 0 Å². The number of hydrogen-bond donors (Lipinski definition) is 1. The van der Waals surface area contributed by atoms with E-state index in [-0.39, 0.29) is 36.0 Å². The molecule has 184 valence electrons. The lowest BCUT2D eigenvalue weighted by Gasteiger charge is -2.36. The van der Waals surface area contributed by atoms with Crippen molar-refractivity contribution in [2.75, 3.05) is 32.8 Å². The second kappa shape index (κ2) is 12.5. The van der Waals surface area contributed by atoms with Crippen LogP contribution >= 0.6 is 24.0 Å². The van der Waals surface area contributed by atoms with Crippen LogP contribution in [0.25, 0.3) is 0 Å². The van der Waals surface area contributed by atoms with Gasteiger partial charge in [0.1, 0.15) is 6.10 Å². The van der Waals surface area contributed by atoms with Gasteiger partial charge < -0.3 is 19.9 Å². The first kappa shape index (κ1) is 26.5. The molecule has 0 aliphatic carbocycles. The molecule has 1 N–H and O–H groups in total. The molecule has 2 saturated heterocycles. The highest BCUT2D eigenvalue weighted by molar-refractivity contribution is 14.0. The van der Waals surface area contributed by atoms with Crippen molar-refractivity contribution in [2.45, 2.75) is 52.8 Å². The third-order valence-electron chi connectivity index (χ3n) is 6.52. The van der Waals surface area contributed by atoms with Crippen molar-refractivity contribution in [2.24, 2.45) is 4.99 Å². The minimum atomic E-state index is 0. The molecule has 7 heteroatoms. The quantitative estimate of drug-likeness (QED) is 0.311. The Hall–Kier alpha value is -2.13. The molecule has 2 aromatic rings. The molecule has 1 unspecified atom stereocenters. The molecule has 2 aromatic carbocycles. The van der Waals surface area contributed by atoms with E-state index in [1.807, 2.05) is 11.0 Å². The predicted octanol–water partition coefficient (Wildman–Crippen LogP) is 4.58. The highest BCUT2D eigenvalue weighted by Crippen LogP contribution is 2.26. The number of halogens is 1. The van der Waals surface area contributed by atoms with Gasteiger partial charge in [-0.05, 0) is 49.4 Å². The summed E-state index contributed by atoms with van der Waals surface area (Å²) in [5.74, 6) is 1.18. The zero-order valence-electron chi connectivity index (χ0n) is 20.5. The van der Waals surface area contributed by atoms with Crippen molar-refractivity contribution < 1.29 is 9.53 Å². The zero-order chi connectivity index (χ0) is 23.2. The molecule has 1 atom stereocenters. The Labute approximate surface area is 220 Å². The molecule has 2 aliphatic heterocycles. The average molecular weight is 577 g/mol. The maximum atomic E-state index is 12.1. The number of benzene rings is 2. The van der Waals surface area contributed by atoms with E-state index in [1.54, 1.807) is 0 Å². The summed E-state index contributed by atoms with van der Waals surface area (Å²) >= 11 is 0. The fraction of sp³-hybridized carbons (Fsp3) is 0.481. The van der Waals surface area contributed by atoms with E-state index in [4.69, 9.17) is 9.73 Å². The van der Waals surface area contributed by atoms with Crippen LogP contribution in [0.1, 0.15) is 53.7 Å². The number of aryl methyl sites for hydroxylation is 2. The number of ether oxygens (including phenoxy) is 1. The number of guanidine groups is 1. The second-order valence-corrected chi connectivity index (χ2v) is 9.02. The average Bonchev–Trinajstić information content (AvgIpc) is 3.22. The minimum absolute atomic E-state index is 0. The molecule has 2 heterocycles. The molecule has 6 nitrogen and oxygen atoms in total. The van der Waals surface area contributed by atoms with Gasteiger partial charge in [0.05, 0.1) is 19.7 Å². The Morgan fingerprint density at radius 3 is 2.65 bits per heavy atom. The van der Waals surface area contributed by atoms with E-state index in [0.717, 1.165) is 38.6 Å². The first-order chi connectivity index (χ1) is 16.0. The number of aliphatic imine (C=N–C) groups is 1. The van der Waals surface area contributed by atoms with Crippen LogP contribution in [0.3, 0.4) is 0 Å². The Morgan fingerprint density at radius 2 is 1.94 bits per heavy atom. The smallest absolute Gasteiger partial charge is 0.222 e. The Morgan fingerprint density at radius 1 is 1.15 bits per heavy atom. The van der Waals surface area contributed by atoms with Gasteiger partial charge in [-0.3, -0.25) is 4.79 Å². The molecule has 2 aliphatic rings. The number of nitrogens with zero attached hydrogens (tertiary/aromatic N) is 3. The lowest BCUT2D eigenvalue weighted by atomic mass is 10.00. The maximum Gasteiger partial charge on any atom is 0.222 e. The number of likely N-dealkylation sites (tertiary alicyclic amines) is 1. The predicted molar refractivity (Wildman–Crippen MR) is 148 cm³/mol. The lowest BCUT2D eigenvalue weighted by Crippen LogP contribution is -2.48. The molecule has 1 amide bonds. The highest BCUT2D eigenvalue weighted by Gasteiger charge is 2.25. The van der Waals surface area contributed by atoms with Crippen LogP contribution in [-0.2, 0) is 22.6 Å². The normalized spacial score (nSPS) is 18.7. The Balaban J connectivity index is 0.00000324. The van der Waals surface area contributed by atoms with Crippen LogP contribution in [0.4, 0.5) is 0 Å². The number of hydrogen-bond acceptors (Lipinski definition) is 3. The molecule has 0 bridgehead atoms. The molecule has 2 fully saturated rings. The van der Waals surface area contributed by atoms with Crippen molar-refractivity contribution in [3.05, 3.63) is 70.3 Å². The summed E-state index contributed by atoms with van der Waals surface area (Å²) in [5, 5.41) is 3.47. The van der Waals surface area contributed by atoms with Crippen LogP contribution in [0.2, 0.25) is 0 Å². The summed E-state index contributed by atoms with van der Waals surface area (Å²) in [7, 11) is 0. The Bertz CT molecular complexity index is 1010. The van der Waals surface area contributed by atoms with Crippen molar-refractivity contribution >= 4 is 35.8 Å². The maximum absolute atomic E-state index is 12.1. The van der Waals surface area contributed by atoms with Crippen molar-refractivity contribution in [1.82, 2.24) is 15.1 Å². The van der Waals surface area contributed by atoms with Gasteiger partial charge in [0.2, 0.25) is 5.91 Å². The molecule has 0 saturated carbocycles. The van der Waals surface area contributed by atoms with Gasteiger partial charge >= 0.3 is 0 Å². The van der Waals surface area contributed by atoms with Crippen LogP contribution in [0, 0.1) is 13.8 Å². The van der Waals surface area contributed by atoms with Crippen LogP contribution in [0.5, 0.6) is 0 Å². The van der Waals surface area contributed by atoms with E-state index < -0.39 is 0 Å². The van der Waals surface area contributed by atoms with Crippen LogP contribution < -0.4 is 5.32 Å². The van der Waals surface area contributed by atoms with E-state index in [0.29, 0.717) is 26.1 Å². The summed E-state index contributed by atoms with van der Waals surface area (Å²) < 4.78 is 6.15. The zero-order valence-corrected chi connectivity index (χ0v) is 22.9. The van der Waals surface area contributed by atoms with Crippen LogP contribution in [-0.4, -0.2) is 54.5 Å². The van der Waals surface area contributed by atoms with E-state index in [2.05, 4.69) is 67.4 Å². The van der Waals surface area contributed by atoms with Gasteiger partial charge in [0, 0.05) is 32.6 Å².